The molecule has 0 saturated carbocycles. The van der Waals surface area contributed by atoms with Crippen molar-refractivity contribution in [3.63, 3.8) is 0 Å². The summed E-state index contributed by atoms with van der Waals surface area (Å²) in [5, 5.41) is 13.0. The third-order valence-electron chi connectivity index (χ3n) is 15.2. The zero-order chi connectivity index (χ0) is 65.6. The topological polar surface area (TPSA) is 305 Å². The highest BCUT2D eigenvalue weighted by Gasteiger charge is 2.40. The lowest BCUT2D eigenvalue weighted by Gasteiger charge is -2.23. The third kappa shape index (κ3) is 29.0. The molecule has 1 aromatic carbocycles. The van der Waals surface area contributed by atoms with Gasteiger partial charge >= 0.3 is 11.9 Å². The van der Waals surface area contributed by atoms with Crippen molar-refractivity contribution < 1.29 is 76.0 Å². The molecule has 0 radical (unpaired) electrons. The molecule has 0 spiro atoms. The number of anilines is 1. The quantitative estimate of drug-likeness (QED) is 0.0162. The van der Waals surface area contributed by atoms with Crippen molar-refractivity contribution in [2.45, 2.75) is 179 Å². The van der Waals surface area contributed by atoms with Crippen molar-refractivity contribution in [3.8, 4) is 11.1 Å². The number of methoxy groups -OCH3 is 2. The third-order valence-corrected chi connectivity index (χ3v) is 15.7. The summed E-state index contributed by atoms with van der Waals surface area (Å²) in [6.07, 6.45) is 19.5. The minimum atomic E-state index is -1.41. The molecule has 3 aromatic heterocycles. The summed E-state index contributed by atoms with van der Waals surface area (Å²) in [6, 6.07) is 8.24. The molecule has 5 rings (SSSR count). The predicted molar refractivity (Wildman–Crippen MR) is 339 cm³/mol. The Bertz CT molecular complexity index is 2950. The highest BCUT2D eigenvalue weighted by atomic mass is 79.9. The van der Waals surface area contributed by atoms with Gasteiger partial charge in [0, 0.05) is 88.4 Å². The number of nitrogens with one attached hydrogen (secondary N) is 3. The van der Waals surface area contributed by atoms with Gasteiger partial charge in [-0.25, -0.2) is 24.1 Å². The lowest BCUT2D eigenvalue weighted by Crippen LogP contribution is -2.44. The summed E-state index contributed by atoms with van der Waals surface area (Å²) in [6.45, 7) is 2.01. The van der Waals surface area contributed by atoms with Crippen LogP contribution in [-0.2, 0) is 79.7 Å². The van der Waals surface area contributed by atoms with Gasteiger partial charge in [-0.15, -0.1) is 0 Å². The van der Waals surface area contributed by atoms with Gasteiger partial charge in [0.05, 0.1) is 59.3 Å². The van der Waals surface area contributed by atoms with Gasteiger partial charge in [0.15, 0.2) is 11.6 Å². The zero-order valence-corrected chi connectivity index (χ0v) is 54.5. The zero-order valence-electron chi connectivity index (χ0n) is 53.0. The SMILES string of the molecule is COC(=O)CCCCCCCCCCCCCCCCC(=O)N[C@@H](CCC(=O)CCCOCCOCC(=O)NCCOCCOCC(=O)CCc1ncc(-c2ccc3c(c2)c(C(C)=O)nn3CC(=O)N2C[C@H](F)C[C@H]2C(=O)Nc2cccc(Br)n2)cn1)C(=O)OC. The number of amides is 4. The van der Waals surface area contributed by atoms with Gasteiger partial charge in [-0.2, -0.15) is 5.10 Å². The lowest BCUT2D eigenvalue weighted by molar-refractivity contribution is -0.145. The predicted octanol–water partition coefficient (Wildman–Crippen LogP) is 8.32. The van der Waals surface area contributed by atoms with Gasteiger partial charge in [0.1, 0.15) is 65.7 Å². The van der Waals surface area contributed by atoms with Crippen LogP contribution < -0.4 is 16.0 Å². The number of aromatic nitrogens is 5. The molecule has 1 aliphatic heterocycles. The molecule has 4 amide bonds. The highest BCUT2D eigenvalue weighted by molar-refractivity contribution is 9.10. The summed E-state index contributed by atoms with van der Waals surface area (Å²) in [4.78, 5) is 127. The Morgan fingerprint density at radius 2 is 1.31 bits per heavy atom. The maximum absolute atomic E-state index is 14.7. The van der Waals surface area contributed by atoms with Gasteiger partial charge < -0.3 is 49.3 Å². The lowest BCUT2D eigenvalue weighted by atomic mass is 10.0. The van der Waals surface area contributed by atoms with E-state index in [1.165, 1.54) is 82.1 Å². The molecule has 3 atom stereocenters. The fraction of sp³-hybridized carbons (Fsp3) is 0.615. The van der Waals surface area contributed by atoms with E-state index >= 15 is 0 Å². The van der Waals surface area contributed by atoms with Gasteiger partial charge in [0.2, 0.25) is 23.6 Å². The number of ether oxygens (including phenoxy) is 6. The van der Waals surface area contributed by atoms with E-state index in [0.29, 0.717) is 58.3 Å². The molecule has 4 aromatic rings. The summed E-state index contributed by atoms with van der Waals surface area (Å²) >= 11 is 3.25. The average molecular weight is 1340 g/mol. The first-order valence-corrected chi connectivity index (χ1v) is 32.6. The van der Waals surface area contributed by atoms with Gasteiger partial charge in [-0.05, 0) is 71.4 Å². The van der Waals surface area contributed by atoms with Gasteiger partial charge in [0.25, 0.3) is 0 Å². The monoisotopic (exact) mass is 1340 g/mol. The molecule has 1 aliphatic rings. The number of esters is 2. The van der Waals surface area contributed by atoms with Crippen LogP contribution in [0.15, 0.2) is 53.4 Å². The maximum atomic E-state index is 14.7. The number of hydrogen-bond donors (Lipinski definition) is 3. The number of alkyl halides is 1. The second-order valence-corrected chi connectivity index (χ2v) is 23.3. The number of halogens is 2. The molecule has 500 valence electrons. The van der Waals surface area contributed by atoms with Crippen molar-refractivity contribution >= 4 is 85.6 Å². The molecule has 0 bridgehead atoms. The van der Waals surface area contributed by atoms with Crippen LogP contribution in [0.25, 0.3) is 22.0 Å². The number of unbranched alkanes of at least 4 members (excludes halogenated alkanes) is 13. The summed E-state index contributed by atoms with van der Waals surface area (Å²) < 4.78 is 48.0. The van der Waals surface area contributed by atoms with Crippen LogP contribution in [-0.4, -0.2) is 181 Å². The molecule has 4 heterocycles. The number of rotatable bonds is 48. The Kier molecular flexibility index (Phi) is 35.3. The van der Waals surface area contributed by atoms with Crippen LogP contribution in [0.1, 0.15) is 164 Å². The second-order valence-electron chi connectivity index (χ2n) is 22.5. The van der Waals surface area contributed by atoms with E-state index in [0.717, 1.165) is 38.5 Å². The minimum absolute atomic E-state index is 0.0563. The summed E-state index contributed by atoms with van der Waals surface area (Å²) in [5.41, 5.74) is 1.92. The number of carbonyl (C=O) groups is 9. The van der Waals surface area contributed by atoms with Crippen LogP contribution in [0.4, 0.5) is 10.2 Å². The number of Topliss-reactive ketones (excluding diaryl/α,β-unsaturated/α-hetero) is 3. The Morgan fingerprint density at radius 3 is 1.96 bits per heavy atom. The van der Waals surface area contributed by atoms with E-state index in [4.69, 9.17) is 23.7 Å². The molecule has 3 N–H and O–H groups in total. The van der Waals surface area contributed by atoms with Crippen molar-refractivity contribution in [1.82, 2.24) is 40.3 Å². The normalized spacial score (nSPS) is 14.1. The first-order chi connectivity index (χ1) is 44.0. The van der Waals surface area contributed by atoms with Crippen molar-refractivity contribution in [2.24, 2.45) is 0 Å². The Hall–Kier alpha value is -7.00. The Balaban J connectivity index is 0.829. The van der Waals surface area contributed by atoms with Crippen LogP contribution in [0.3, 0.4) is 0 Å². The fourth-order valence-electron chi connectivity index (χ4n) is 10.3. The largest absolute Gasteiger partial charge is 0.469 e. The van der Waals surface area contributed by atoms with Crippen LogP contribution in [0, 0.1) is 0 Å². The van der Waals surface area contributed by atoms with E-state index in [-0.39, 0.29) is 151 Å². The number of aryl methyl sites for hydroxylation is 1. The molecular weight excluding hydrogens is 1250 g/mol. The smallest absolute Gasteiger partial charge is 0.328 e. The number of hydrogen-bond acceptors (Lipinski definition) is 19. The molecular formula is C65H91BrFN9O15. The second kappa shape index (κ2) is 42.9. The number of benzene rings is 1. The summed E-state index contributed by atoms with van der Waals surface area (Å²) in [5.74, 6) is -2.23. The maximum Gasteiger partial charge on any atom is 0.328 e. The molecule has 91 heavy (non-hydrogen) atoms. The van der Waals surface area contributed by atoms with Crippen LogP contribution in [0.5, 0.6) is 0 Å². The Labute approximate surface area is 540 Å². The van der Waals surface area contributed by atoms with E-state index in [2.05, 4.69) is 56.7 Å². The highest BCUT2D eigenvalue weighted by Crippen LogP contribution is 2.29. The van der Waals surface area contributed by atoms with E-state index < -0.39 is 36.0 Å². The van der Waals surface area contributed by atoms with E-state index in [1.807, 2.05) is 0 Å². The minimum Gasteiger partial charge on any atom is -0.469 e. The van der Waals surface area contributed by atoms with Crippen molar-refractivity contribution in [3.05, 3.63) is 64.9 Å². The Morgan fingerprint density at radius 1 is 0.670 bits per heavy atom. The number of fused-ring (bicyclic) bond motifs is 1. The molecule has 26 heteroatoms. The van der Waals surface area contributed by atoms with Crippen LogP contribution >= 0.6 is 15.9 Å². The first-order valence-electron chi connectivity index (χ1n) is 31.8. The average Bonchev–Trinajstić information content (AvgIpc) is 1.79. The first kappa shape index (κ1) is 74.7. The van der Waals surface area contributed by atoms with E-state index in [1.54, 1.807) is 48.8 Å². The molecule has 0 unspecified atom stereocenters. The number of pyridine rings is 1. The standard InChI is InChI=1S/C65H91BrFN9O15/c1-46(77)63-52-38-47(25-29-54(52)76(74-63)43-61(82)75-42-49(67)39-55(75)64(84)73-58-22-18-21-56(66)72-58)48-40-69-57(70-41-48)30-27-51(79)44-90-36-35-89-33-31-68-60(81)45-91-37-34-88-32-19-20-50(78)26-28-53(65(85)87-3)71-59(80)23-16-14-12-10-8-6-4-5-7-9-11-13-15-17-24-62(83)86-2/h18,21-22,25,29,38,40-41,49,53,55H,4-17,19-20,23-24,26-28,30-37,39,42-45H2,1-3H3,(H,68,81)(H,71,80)(H,72,73,84)/t49-,53+,55+/m1/s1. The molecule has 24 nitrogen and oxygen atoms in total. The van der Waals surface area contributed by atoms with Crippen molar-refractivity contribution in [2.75, 3.05) is 85.5 Å². The molecule has 1 saturated heterocycles. The van der Waals surface area contributed by atoms with Crippen molar-refractivity contribution in [1.29, 1.82) is 0 Å². The molecule has 1 fully saturated rings. The fourth-order valence-corrected chi connectivity index (χ4v) is 10.6. The van der Waals surface area contributed by atoms with Gasteiger partial charge in [-0.1, -0.05) is 89.2 Å². The molecule has 0 aliphatic carbocycles. The number of carbonyl (C=O) groups excluding carboxylic acids is 9. The van der Waals surface area contributed by atoms with E-state index in [9.17, 15) is 47.5 Å². The number of nitrogens with zero attached hydrogens (tertiary/aromatic N) is 6. The van der Waals surface area contributed by atoms with Crippen LogP contribution in [0.2, 0.25) is 0 Å². The van der Waals surface area contributed by atoms with Gasteiger partial charge in [-0.3, -0.25) is 43.0 Å². The number of ketones is 3. The number of likely N-dealkylation sites (tertiary alicyclic amines) is 1. The summed E-state index contributed by atoms with van der Waals surface area (Å²) in [7, 11) is 2.68.